The van der Waals surface area contributed by atoms with Crippen LogP contribution in [0.3, 0.4) is 0 Å². The average Bonchev–Trinajstić information content (AvgIpc) is 2.82. The third kappa shape index (κ3) is 5.32. The van der Waals surface area contributed by atoms with Gasteiger partial charge in [-0.15, -0.1) is 0 Å². The van der Waals surface area contributed by atoms with Gasteiger partial charge in [0.1, 0.15) is 11.4 Å². The molecule has 2 aromatic carbocycles. The summed E-state index contributed by atoms with van der Waals surface area (Å²) < 4.78 is 5.94. The summed E-state index contributed by atoms with van der Waals surface area (Å²) in [7, 11) is 2.13. The lowest BCUT2D eigenvalue weighted by molar-refractivity contribution is 0.0996. The first kappa shape index (κ1) is 23.6. The molecule has 1 aromatic heterocycles. The molecule has 1 aliphatic rings. The molecular weight excluding hydrogens is 454 g/mol. The minimum atomic E-state index is -0.680. The molecule has 0 aliphatic carbocycles. The Balaban J connectivity index is 1.60. The van der Waals surface area contributed by atoms with E-state index in [1.807, 2.05) is 31.2 Å². The molecular formula is C24H28ClN7O2. The number of nitrogens with two attached hydrogens (primary N) is 2. The van der Waals surface area contributed by atoms with Gasteiger partial charge in [-0.2, -0.15) is 4.98 Å². The summed E-state index contributed by atoms with van der Waals surface area (Å²) in [5.41, 5.74) is 14.3. The van der Waals surface area contributed by atoms with Crippen LogP contribution in [0.2, 0.25) is 5.02 Å². The van der Waals surface area contributed by atoms with Gasteiger partial charge in [-0.05, 0) is 49.9 Å². The molecule has 0 spiro atoms. The Hall–Kier alpha value is -3.56. The summed E-state index contributed by atoms with van der Waals surface area (Å²) >= 11 is 6.01. The molecule has 34 heavy (non-hydrogen) atoms. The summed E-state index contributed by atoms with van der Waals surface area (Å²) in [5, 5.41) is 3.59. The largest absolute Gasteiger partial charge is 0.437 e. The Kier molecular flexibility index (Phi) is 7.04. The van der Waals surface area contributed by atoms with E-state index < -0.39 is 5.91 Å². The standard InChI is InChI=1S/C24H28ClN7O2/c1-3-20-24(34-17-8-9-18(25)19(26)14-17)30-23(21(29-20)22(27)33)28-15-4-6-16(7-5-15)32-12-10-31(2)11-13-32/h4-9,14H,3,10-13,26H2,1-2H3,(H2,27,33)(H,28,30). The molecule has 0 saturated carbocycles. The Bertz CT molecular complexity index is 1180. The number of likely N-dealkylation sites (N-methyl/N-ethyl adjacent to an activating group) is 1. The number of nitrogen functional groups attached to an aromatic ring is 1. The molecule has 5 N–H and O–H groups in total. The van der Waals surface area contributed by atoms with Crippen LogP contribution in [0.15, 0.2) is 42.5 Å². The third-order valence-electron chi connectivity index (χ3n) is 5.68. The lowest BCUT2D eigenvalue weighted by Gasteiger charge is -2.34. The number of nitrogens with zero attached hydrogens (tertiary/aromatic N) is 4. The molecule has 0 bridgehead atoms. The highest BCUT2D eigenvalue weighted by atomic mass is 35.5. The molecule has 1 amide bonds. The number of rotatable bonds is 7. The van der Waals surface area contributed by atoms with Crippen LogP contribution in [0, 0.1) is 0 Å². The van der Waals surface area contributed by atoms with Crippen molar-refractivity contribution in [3.63, 3.8) is 0 Å². The molecule has 0 atom stereocenters. The number of carbonyl (C=O) groups is 1. The zero-order valence-corrected chi connectivity index (χ0v) is 20.0. The summed E-state index contributed by atoms with van der Waals surface area (Å²) in [4.78, 5) is 25.7. The molecule has 10 heteroatoms. The van der Waals surface area contributed by atoms with E-state index in [1.54, 1.807) is 18.2 Å². The van der Waals surface area contributed by atoms with E-state index in [0.717, 1.165) is 37.6 Å². The van der Waals surface area contributed by atoms with Gasteiger partial charge in [0.25, 0.3) is 5.91 Å². The molecule has 9 nitrogen and oxygen atoms in total. The van der Waals surface area contributed by atoms with Crippen LogP contribution in [-0.2, 0) is 6.42 Å². The smallest absolute Gasteiger partial charge is 0.271 e. The van der Waals surface area contributed by atoms with E-state index in [2.05, 4.69) is 32.1 Å². The van der Waals surface area contributed by atoms with Gasteiger partial charge >= 0.3 is 0 Å². The highest BCUT2D eigenvalue weighted by molar-refractivity contribution is 6.33. The molecule has 1 saturated heterocycles. The number of aromatic nitrogens is 2. The van der Waals surface area contributed by atoms with Crippen molar-refractivity contribution in [2.75, 3.05) is 49.2 Å². The van der Waals surface area contributed by atoms with Gasteiger partial charge < -0.3 is 31.3 Å². The number of nitrogens with one attached hydrogen (secondary N) is 1. The normalized spacial score (nSPS) is 14.1. The van der Waals surface area contributed by atoms with Crippen molar-refractivity contribution >= 4 is 40.4 Å². The van der Waals surface area contributed by atoms with E-state index >= 15 is 0 Å². The van der Waals surface area contributed by atoms with Crippen LogP contribution in [0.4, 0.5) is 22.9 Å². The third-order valence-corrected chi connectivity index (χ3v) is 6.02. The number of benzene rings is 2. The van der Waals surface area contributed by atoms with Gasteiger partial charge in [0.15, 0.2) is 11.5 Å². The summed E-state index contributed by atoms with van der Waals surface area (Å²) in [5.74, 6) is 0.251. The minimum absolute atomic E-state index is 0.0444. The number of aryl methyl sites for hydroxylation is 1. The fourth-order valence-electron chi connectivity index (χ4n) is 3.68. The first-order valence-corrected chi connectivity index (χ1v) is 11.5. The maximum atomic E-state index is 12.1. The quantitative estimate of drug-likeness (QED) is 0.437. The van der Waals surface area contributed by atoms with E-state index in [9.17, 15) is 4.79 Å². The minimum Gasteiger partial charge on any atom is -0.437 e. The van der Waals surface area contributed by atoms with Crippen LogP contribution < -0.4 is 26.4 Å². The SMILES string of the molecule is CCc1nc(C(N)=O)c(Nc2ccc(N3CCN(C)CC3)cc2)nc1Oc1ccc(Cl)c(N)c1. The summed E-state index contributed by atoms with van der Waals surface area (Å²) in [6.45, 7) is 5.92. The summed E-state index contributed by atoms with van der Waals surface area (Å²) in [6, 6.07) is 12.9. The van der Waals surface area contributed by atoms with Crippen molar-refractivity contribution in [3.05, 3.63) is 58.9 Å². The number of halogens is 1. The molecule has 1 fully saturated rings. The van der Waals surface area contributed by atoms with Gasteiger partial charge in [-0.25, -0.2) is 4.98 Å². The van der Waals surface area contributed by atoms with Crippen molar-refractivity contribution in [1.82, 2.24) is 14.9 Å². The number of hydrogen-bond donors (Lipinski definition) is 3. The molecule has 178 valence electrons. The maximum Gasteiger partial charge on any atom is 0.271 e. The van der Waals surface area contributed by atoms with Crippen molar-refractivity contribution in [3.8, 4) is 11.6 Å². The second kappa shape index (κ2) is 10.1. The first-order chi connectivity index (χ1) is 16.3. The Morgan fingerprint density at radius 3 is 2.44 bits per heavy atom. The number of primary amides is 1. The zero-order valence-electron chi connectivity index (χ0n) is 19.2. The fraction of sp³-hybridized carbons (Fsp3) is 0.292. The number of piperazine rings is 1. The monoisotopic (exact) mass is 481 g/mol. The topological polar surface area (TPSA) is 123 Å². The number of amides is 1. The van der Waals surface area contributed by atoms with Crippen LogP contribution in [0.5, 0.6) is 11.6 Å². The Morgan fingerprint density at radius 2 is 1.82 bits per heavy atom. The van der Waals surface area contributed by atoms with E-state index in [0.29, 0.717) is 28.6 Å². The zero-order chi connectivity index (χ0) is 24.2. The molecule has 0 unspecified atom stereocenters. The lowest BCUT2D eigenvalue weighted by Crippen LogP contribution is -2.44. The molecule has 4 rings (SSSR count). The van der Waals surface area contributed by atoms with Gasteiger partial charge in [0.05, 0.1) is 10.7 Å². The predicted molar refractivity (Wildman–Crippen MR) is 135 cm³/mol. The number of hydrogen-bond acceptors (Lipinski definition) is 8. The van der Waals surface area contributed by atoms with Crippen molar-refractivity contribution < 1.29 is 9.53 Å². The van der Waals surface area contributed by atoms with Crippen LogP contribution in [0.25, 0.3) is 0 Å². The maximum absolute atomic E-state index is 12.1. The molecule has 0 radical (unpaired) electrons. The van der Waals surface area contributed by atoms with Crippen LogP contribution in [0.1, 0.15) is 23.1 Å². The number of ether oxygens (including phenoxy) is 1. The van der Waals surface area contributed by atoms with Gasteiger partial charge in [0, 0.05) is 43.6 Å². The van der Waals surface area contributed by atoms with Crippen molar-refractivity contribution in [1.29, 1.82) is 0 Å². The average molecular weight is 482 g/mol. The number of anilines is 4. The predicted octanol–water partition coefficient (Wildman–Crippen LogP) is 3.66. The number of carbonyl (C=O) groups excluding carboxylic acids is 1. The first-order valence-electron chi connectivity index (χ1n) is 11.1. The summed E-state index contributed by atoms with van der Waals surface area (Å²) in [6.07, 6.45) is 0.492. The second-order valence-corrected chi connectivity index (χ2v) is 8.55. The van der Waals surface area contributed by atoms with E-state index in [1.165, 1.54) is 0 Å². The lowest BCUT2D eigenvalue weighted by atomic mass is 10.2. The van der Waals surface area contributed by atoms with Gasteiger partial charge in [-0.1, -0.05) is 18.5 Å². The van der Waals surface area contributed by atoms with Crippen LogP contribution >= 0.6 is 11.6 Å². The van der Waals surface area contributed by atoms with Crippen LogP contribution in [-0.4, -0.2) is 54.0 Å². The van der Waals surface area contributed by atoms with E-state index in [4.69, 9.17) is 27.8 Å². The molecule has 1 aliphatic heterocycles. The Labute approximate surface area is 203 Å². The highest BCUT2D eigenvalue weighted by Gasteiger charge is 2.19. The van der Waals surface area contributed by atoms with Crippen molar-refractivity contribution in [2.24, 2.45) is 5.73 Å². The van der Waals surface area contributed by atoms with E-state index in [-0.39, 0.29) is 17.4 Å². The molecule has 3 aromatic rings. The second-order valence-electron chi connectivity index (χ2n) is 8.14. The fourth-order valence-corrected chi connectivity index (χ4v) is 3.80. The van der Waals surface area contributed by atoms with Gasteiger partial charge in [0.2, 0.25) is 5.88 Å². The highest BCUT2D eigenvalue weighted by Crippen LogP contribution is 2.31. The Morgan fingerprint density at radius 1 is 1.12 bits per heavy atom. The van der Waals surface area contributed by atoms with Crippen molar-refractivity contribution in [2.45, 2.75) is 13.3 Å². The molecule has 2 heterocycles. The van der Waals surface area contributed by atoms with Gasteiger partial charge in [-0.3, -0.25) is 4.79 Å².